The number of nitrogens with zero attached hydrogens (tertiary/aromatic N) is 3. The molecule has 2 aromatic rings. The van der Waals surface area contributed by atoms with Crippen molar-refractivity contribution in [2.45, 2.75) is 90.6 Å². The van der Waals surface area contributed by atoms with Gasteiger partial charge in [0.25, 0.3) is 11.8 Å². The van der Waals surface area contributed by atoms with E-state index in [0.717, 1.165) is 37.0 Å². The summed E-state index contributed by atoms with van der Waals surface area (Å²) < 4.78 is 7.31. The Bertz CT molecular complexity index is 1100. The van der Waals surface area contributed by atoms with Crippen LogP contribution in [0.3, 0.4) is 0 Å². The maximum Gasteiger partial charge on any atom is 0.273 e. The molecule has 1 fully saturated rings. The highest BCUT2D eigenvalue weighted by atomic mass is 16.5. The fourth-order valence-corrected chi connectivity index (χ4v) is 5.06. The summed E-state index contributed by atoms with van der Waals surface area (Å²) in [5, 5.41) is 6.02. The van der Waals surface area contributed by atoms with Crippen LogP contribution in [0.25, 0.3) is 0 Å². The Hall–Kier alpha value is -3.36. The van der Waals surface area contributed by atoms with Crippen LogP contribution in [-0.2, 0) is 17.9 Å². The molecule has 2 N–H and O–H groups in total. The molecule has 1 aliphatic heterocycles. The summed E-state index contributed by atoms with van der Waals surface area (Å²) in [5.41, 5.74) is 0.172. The molecule has 1 aromatic heterocycles. The van der Waals surface area contributed by atoms with E-state index in [1.165, 1.54) is 6.33 Å². The average Bonchev–Trinajstić information content (AvgIpc) is 3.50. The maximum absolute atomic E-state index is 13.6. The zero-order chi connectivity index (χ0) is 25.9. The molecular formula is C27H37N5O4. The number of carbonyl (C=O) groups is 3. The summed E-state index contributed by atoms with van der Waals surface area (Å²) in [6, 6.07) is 7.67. The minimum Gasteiger partial charge on any atom is -0.491 e. The van der Waals surface area contributed by atoms with Gasteiger partial charge in [-0.3, -0.25) is 14.4 Å². The van der Waals surface area contributed by atoms with Gasteiger partial charge in [-0.05, 0) is 57.7 Å². The molecule has 1 aromatic carbocycles. The summed E-state index contributed by atoms with van der Waals surface area (Å²) in [5.74, 6) is -0.142. The summed E-state index contributed by atoms with van der Waals surface area (Å²) in [6.07, 6.45) is 6.44. The monoisotopic (exact) mass is 495 g/mol. The molecule has 9 nitrogen and oxygen atoms in total. The first kappa shape index (κ1) is 25.7. The molecule has 0 saturated heterocycles. The van der Waals surface area contributed by atoms with Gasteiger partial charge in [-0.15, -0.1) is 0 Å². The van der Waals surface area contributed by atoms with Gasteiger partial charge in [0.05, 0.1) is 19.0 Å². The number of rotatable bonds is 9. The molecule has 3 amide bonds. The van der Waals surface area contributed by atoms with Crippen molar-refractivity contribution in [1.82, 2.24) is 25.1 Å². The minimum atomic E-state index is -1.04. The highest BCUT2D eigenvalue weighted by molar-refractivity contribution is 6.07. The van der Waals surface area contributed by atoms with Crippen LogP contribution < -0.4 is 15.4 Å². The first-order valence-corrected chi connectivity index (χ1v) is 12.9. The molecule has 1 saturated carbocycles. The van der Waals surface area contributed by atoms with Crippen molar-refractivity contribution in [2.75, 3.05) is 6.54 Å². The van der Waals surface area contributed by atoms with E-state index in [1.54, 1.807) is 16.4 Å². The van der Waals surface area contributed by atoms with Gasteiger partial charge in [-0.2, -0.15) is 0 Å². The van der Waals surface area contributed by atoms with Crippen molar-refractivity contribution in [2.24, 2.45) is 0 Å². The number of fused-ring (bicyclic) bond motifs is 1. The van der Waals surface area contributed by atoms with Crippen molar-refractivity contribution < 1.29 is 19.1 Å². The number of imidazole rings is 1. The van der Waals surface area contributed by atoms with E-state index in [-0.39, 0.29) is 41.9 Å². The topological polar surface area (TPSA) is 106 Å². The van der Waals surface area contributed by atoms with Crippen LogP contribution in [0.4, 0.5) is 0 Å². The van der Waals surface area contributed by atoms with Gasteiger partial charge >= 0.3 is 0 Å². The Morgan fingerprint density at radius 1 is 1.19 bits per heavy atom. The molecule has 2 heterocycles. The second-order valence-electron chi connectivity index (χ2n) is 10.2. The lowest BCUT2D eigenvalue weighted by Gasteiger charge is -2.44. The molecular weight excluding hydrogens is 458 g/mol. The fourth-order valence-electron chi connectivity index (χ4n) is 5.06. The Labute approximate surface area is 212 Å². The minimum absolute atomic E-state index is 0.0825. The van der Waals surface area contributed by atoms with Crippen LogP contribution in [0, 0.1) is 0 Å². The van der Waals surface area contributed by atoms with Crippen LogP contribution in [0.1, 0.15) is 86.3 Å². The lowest BCUT2D eigenvalue weighted by molar-refractivity contribution is -0.133. The SMILES string of the molecule is CCCN1C(=O)c2c(C(=O)NCc3ccc(OC(C)C)cc3)ncn2C[C@@]1(C)C(=O)NC1CCCC1. The van der Waals surface area contributed by atoms with Crippen LogP contribution in [0.5, 0.6) is 5.75 Å². The second-order valence-corrected chi connectivity index (χ2v) is 10.2. The lowest BCUT2D eigenvalue weighted by atomic mass is 9.93. The van der Waals surface area contributed by atoms with E-state index in [0.29, 0.717) is 19.5 Å². The lowest BCUT2D eigenvalue weighted by Crippen LogP contribution is -2.65. The highest BCUT2D eigenvalue weighted by Gasteiger charge is 2.48. The third kappa shape index (κ3) is 5.24. The normalized spacial score (nSPS) is 19.9. The van der Waals surface area contributed by atoms with Crippen molar-refractivity contribution in [3.05, 3.63) is 47.5 Å². The smallest absolute Gasteiger partial charge is 0.273 e. The van der Waals surface area contributed by atoms with Crippen LogP contribution >= 0.6 is 0 Å². The zero-order valence-corrected chi connectivity index (χ0v) is 21.7. The first-order valence-electron chi connectivity index (χ1n) is 12.9. The first-order chi connectivity index (χ1) is 17.2. The van der Waals surface area contributed by atoms with Gasteiger partial charge in [-0.1, -0.05) is 31.9 Å². The molecule has 0 unspecified atom stereocenters. The summed E-state index contributed by atoms with van der Waals surface area (Å²) in [7, 11) is 0. The number of ether oxygens (including phenoxy) is 1. The van der Waals surface area contributed by atoms with Gasteiger partial charge in [0.1, 0.15) is 17.0 Å². The maximum atomic E-state index is 13.6. The standard InChI is InChI=1S/C27H37N5O4/c1-5-14-32-25(34)23-22(24(33)28-15-19-10-12-21(13-11-19)36-18(2)3)29-17-31(23)16-27(32,4)26(35)30-20-8-6-7-9-20/h10-13,17-18,20H,5-9,14-16H2,1-4H3,(H,28,33)(H,30,35)/t27-/m0/s1. The van der Waals surface area contributed by atoms with Gasteiger partial charge in [-0.25, -0.2) is 4.98 Å². The summed E-state index contributed by atoms with van der Waals surface area (Å²) in [6.45, 7) is 8.68. The molecule has 4 rings (SSSR count). The van der Waals surface area contributed by atoms with Gasteiger partial charge in [0.2, 0.25) is 5.91 Å². The predicted octanol–water partition coefficient (Wildman–Crippen LogP) is 3.28. The van der Waals surface area contributed by atoms with Gasteiger partial charge in [0.15, 0.2) is 5.69 Å². The number of amides is 3. The van der Waals surface area contributed by atoms with Gasteiger partial charge in [0, 0.05) is 19.1 Å². The fraction of sp³-hybridized carbons (Fsp3) is 0.556. The zero-order valence-electron chi connectivity index (χ0n) is 21.7. The number of nitrogens with one attached hydrogen (secondary N) is 2. The third-order valence-corrected chi connectivity index (χ3v) is 6.95. The Balaban J connectivity index is 1.49. The number of benzene rings is 1. The van der Waals surface area contributed by atoms with Crippen molar-refractivity contribution in [3.8, 4) is 5.75 Å². The Morgan fingerprint density at radius 2 is 1.89 bits per heavy atom. The summed E-state index contributed by atoms with van der Waals surface area (Å²) in [4.78, 5) is 45.9. The average molecular weight is 496 g/mol. The molecule has 0 spiro atoms. The van der Waals surface area contributed by atoms with E-state index in [1.807, 2.05) is 45.0 Å². The van der Waals surface area contributed by atoms with Crippen LogP contribution in [-0.4, -0.2) is 56.4 Å². The number of aromatic nitrogens is 2. The van der Waals surface area contributed by atoms with Crippen LogP contribution in [0.15, 0.2) is 30.6 Å². The molecule has 0 radical (unpaired) electrons. The van der Waals surface area contributed by atoms with E-state index in [9.17, 15) is 14.4 Å². The second kappa shape index (κ2) is 10.7. The molecule has 36 heavy (non-hydrogen) atoms. The molecule has 9 heteroatoms. The number of hydrogen-bond acceptors (Lipinski definition) is 5. The molecule has 1 aliphatic carbocycles. The predicted molar refractivity (Wildman–Crippen MR) is 136 cm³/mol. The van der Waals surface area contributed by atoms with E-state index >= 15 is 0 Å². The van der Waals surface area contributed by atoms with Crippen LogP contribution in [0.2, 0.25) is 0 Å². The Kier molecular flexibility index (Phi) is 7.66. The summed E-state index contributed by atoms with van der Waals surface area (Å²) >= 11 is 0. The molecule has 1 atom stereocenters. The quantitative estimate of drug-likeness (QED) is 0.555. The third-order valence-electron chi connectivity index (χ3n) is 6.95. The van der Waals surface area contributed by atoms with E-state index < -0.39 is 11.4 Å². The number of carbonyl (C=O) groups excluding carboxylic acids is 3. The number of hydrogen-bond donors (Lipinski definition) is 2. The van der Waals surface area contributed by atoms with Gasteiger partial charge < -0.3 is 24.8 Å². The van der Waals surface area contributed by atoms with E-state index in [4.69, 9.17) is 4.74 Å². The largest absolute Gasteiger partial charge is 0.491 e. The van der Waals surface area contributed by atoms with Crippen molar-refractivity contribution in [1.29, 1.82) is 0 Å². The van der Waals surface area contributed by atoms with E-state index in [2.05, 4.69) is 15.6 Å². The molecule has 0 bridgehead atoms. The highest BCUT2D eigenvalue weighted by Crippen LogP contribution is 2.30. The van der Waals surface area contributed by atoms with Crippen molar-refractivity contribution in [3.63, 3.8) is 0 Å². The Morgan fingerprint density at radius 3 is 2.53 bits per heavy atom. The molecule has 194 valence electrons. The van der Waals surface area contributed by atoms with Crippen molar-refractivity contribution >= 4 is 17.7 Å². The molecule has 2 aliphatic rings.